The third-order valence-corrected chi connectivity index (χ3v) is 5.14. The van der Waals surface area contributed by atoms with Crippen LogP contribution < -0.4 is 10.1 Å². The number of fused-ring (bicyclic) bond motifs is 1. The van der Waals surface area contributed by atoms with E-state index >= 15 is 0 Å². The highest BCUT2D eigenvalue weighted by Crippen LogP contribution is 2.36. The van der Waals surface area contributed by atoms with Crippen molar-refractivity contribution in [1.29, 1.82) is 0 Å². The summed E-state index contributed by atoms with van der Waals surface area (Å²) in [5, 5.41) is 16.4. The number of nitrogens with one attached hydrogen (secondary N) is 1. The summed E-state index contributed by atoms with van der Waals surface area (Å²) in [7, 11) is 1.53. The fraction of sp³-hybridized carbons (Fsp3) is 0.375. The van der Waals surface area contributed by atoms with Crippen molar-refractivity contribution < 1.29 is 9.84 Å². The lowest BCUT2D eigenvalue weighted by molar-refractivity contribution is 0.367. The molecule has 0 aliphatic heterocycles. The molecule has 1 aromatic carbocycles. The van der Waals surface area contributed by atoms with E-state index in [0.717, 1.165) is 12.0 Å². The Labute approximate surface area is 133 Å². The van der Waals surface area contributed by atoms with Gasteiger partial charge < -0.3 is 15.2 Å². The maximum absolute atomic E-state index is 10.2. The molecule has 0 amide bonds. The van der Waals surface area contributed by atoms with Crippen LogP contribution in [0.15, 0.2) is 23.6 Å². The van der Waals surface area contributed by atoms with E-state index in [0.29, 0.717) is 23.4 Å². The van der Waals surface area contributed by atoms with Crippen LogP contribution in [0.25, 0.3) is 0 Å². The predicted octanol–water partition coefficient (Wildman–Crippen LogP) is 4.28. The number of benzene rings is 1. The minimum absolute atomic E-state index is 0.163. The van der Waals surface area contributed by atoms with Gasteiger partial charge in [0.1, 0.15) is 0 Å². The second-order valence-electron chi connectivity index (χ2n) is 5.24. The van der Waals surface area contributed by atoms with E-state index in [1.165, 1.54) is 30.4 Å². The zero-order valence-electron chi connectivity index (χ0n) is 11.9. The predicted molar refractivity (Wildman–Crippen MR) is 86.5 cm³/mol. The molecular formula is C16H18ClNO2S. The average molecular weight is 324 g/mol. The Morgan fingerprint density at radius 1 is 1.48 bits per heavy atom. The number of phenols is 1. The molecule has 1 heterocycles. The summed E-state index contributed by atoms with van der Waals surface area (Å²) in [6.07, 6.45) is 3.51. The molecule has 3 nitrogen and oxygen atoms in total. The normalized spacial score (nSPS) is 17.5. The van der Waals surface area contributed by atoms with Crippen molar-refractivity contribution in [2.24, 2.45) is 0 Å². The van der Waals surface area contributed by atoms with Crippen molar-refractivity contribution in [2.45, 2.75) is 31.8 Å². The maximum atomic E-state index is 10.2. The van der Waals surface area contributed by atoms with Gasteiger partial charge in [0.2, 0.25) is 0 Å². The Bertz CT molecular complexity index is 641. The monoisotopic (exact) mass is 323 g/mol. The van der Waals surface area contributed by atoms with Gasteiger partial charge in [-0.2, -0.15) is 0 Å². The van der Waals surface area contributed by atoms with Crippen molar-refractivity contribution in [3.63, 3.8) is 0 Å². The van der Waals surface area contributed by atoms with Crippen molar-refractivity contribution in [3.8, 4) is 11.5 Å². The molecule has 0 radical (unpaired) electrons. The van der Waals surface area contributed by atoms with Crippen molar-refractivity contribution in [3.05, 3.63) is 44.6 Å². The molecule has 0 spiro atoms. The molecule has 1 atom stereocenters. The van der Waals surface area contributed by atoms with Crippen LogP contribution in [0.1, 0.15) is 34.9 Å². The molecule has 21 heavy (non-hydrogen) atoms. The molecule has 0 fully saturated rings. The number of phenolic OH excluding ortho intramolecular Hbond substituents is 1. The number of hydrogen-bond acceptors (Lipinski definition) is 4. The highest BCUT2D eigenvalue weighted by atomic mass is 35.5. The average Bonchev–Trinajstić information content (AvgIpc) is 2.96. The Hall–Kier alpha value is -1.23. The summed E-state index contributed by atoms with van der Waals surface area (Å²) in [5.74, 6) is 0.579. The number of rotatable bonds is 4. The summed E-state index contributed by atoms with van der Waals surface area (Å²) in [6, 6.07) is 5.96. The van der Waals surface area contributed by atoms with Gasteiger partial charge in [0.15, 0.2) is 11.5 Å². The molecular weight excluding hydrogens is 306 g/mol. The highest BCUT2D eigenvalue weighted by Gasteiger charge is 2.21. The molecule has 112 valence electrons. The minimum atomic E-state index is 0.163. The Morgan fingerprint density at radius 2 is 2.33 bits per heavy atom. The largest absolute Gasteiger partial charge is 0.504 e. The first kappa shape index (κ1) is 14.7. The van der Waals surface area contributed by atoms with Gasteiger partial charge in [-0.05, 0) is 42.3 Å². The van der Waals surface area contributed by atoms with Crippen LogP contribution in [-0.4, -0.2) is 12.2 Å². The fourth-order valence-electron chi connectivity index (χ4n) is 2.85. The Morgan fingerprint density at radius 3 is 3.14 bits per heavy atom. The summed E-state index contributed by atoms with van der Waals surface area (Å²) < 4.78 is 5.14. The number of aryl methyl sites for hydroxylation is 1. The molecule has 0 bridgehead atoms. The Kier molecular flexibility index (Phi) is 4.38. The van der Waals surface area contributed by atoms with Gasteiger partial charge in [-0.25, -0.2) is 0 Å². The van der Waals surface area contributed by atoms with Gasteiger partial charge in [0.25, 0.3) is 0 Å². The summed E-state index contributed by atoms with van der Waals surface area (Å²) in [6.45, 7) is 0.572. The summed E-state index contributed by atoms with van der Waals surface area (Å²) >= 11 is 7.90. The van der Waals surface area contributed by atoms with E-state index in [9.17, 15) is 5.11 Å². The lowest BCUT2D eigenvalue weighted by Gasteiger charge is -2.24. The molecule has 5 heteroatoms. The van der Waals surface area contributed by atoms with Crippen molar-refractivity contribution in [1.82, 2.24) is 5.32 Å². The molecule has 0 saturated heterocycles. The van der Waals surface area contributed by atoms with Gasteiger partial charge in [0.05, 0.1) is 7.11 Å². The van der Waals surface area contributed by atoms with E-state index in [2.05, 4.69) is 16.8 Å². The first-order valence-electron chi connectivity index (χ1n) is 7.04. The van der Waals surface area contributed by atoms with Crippen LogP contribution in [-0.2, 0) is 13.0 Å². The second kappa shape index (κ2) is 6.26. The first-order valence-corrected chi connectivity index (χ1v) is 8.30. The topological polar surface area (TPSA) is 41.5 Å². The molecule has 1 aliphatic rings. The fourth-order valence-corrected chi connectivity index (χ4v) is 4.07. The SMILES string of the molecule is COc1cc(Cl)cc(CNC2CCCc3sccc32)c1O. The number of methoxy groups -OCH3 is 1. The number of thiophene rings is 1. The van der Waals surface area contributed by atoms with Crippen LogP contribution in [0.3, 0.4) is 0 Å². The lowest BCUT2D eigenvalue weighted by Crippen LogP contribution is -2.23. The number of hydrogen-bond donors (Lipinski definition) is 2. The van der Waals surface area contributed by atoms with Crippen LogP contribution >= 0.6 is 22.9 Å². The summed E-state index contributed by atoms with van der Waals surface area (Å²) in [4.78, 5) is 1.48. The molecule has 2 N–H and O–H groups in total. The smallest absolute Gasteiger partial charge is 0.162 e. The van der Waals surface area contributed by atoms with Gasteiger partial charge in [-0.15, -0.1) is 11.3 Å². The van der Waals surface area contributed by atoms with Crippen LogP contribution in [0.2, 0.25) is 5.02 Å². The second-order valence-corrected chi connectivity index (χ2v) is 6.68. The molecule has 3 rings (SSSR count). The first-order chi connectivity index (χ1) is 10.2. The highest BCUT2D eigenvalue weighted by molar-refractivity contribution is 7.10. The van der Waals surface area contributed by atoms with Crippen LogP contribution in [0.4, 0.5) is 0 Å². The van der Waals surface area contributed by atoms with Crippen LogP contribution in [0.5, 0.6) is 11.5 Å². The number of aromatic hydroxyl groups is 1. The number of halogens is 1. The van der Waals surface area contributed by atoms with Gasteiger partial charge in [-0.1, -0.05) is 11.6 Å². The maximum Gasteiger partial charge on any atom is 0.162 e. The summed E-state index contributed by atoms with van der Waals surface area (Å²) in [5.41, 5.74) is 2.17. The Balaban J connectivity index is 1.76. The van der Waals surface area contributed by atoms with Gasteiger partial charge >= 0.3 is 0 Å². The van der Waals surface area contributed by atoms with E-state index in [4.69, 9.17) is 16.3 Å². The number of ether oxygens (including phenoxy) is 1. The van der Waals surface area contributed by atoms with Gasteiger partial charge in [0, 0.05) is 34.1 Å². The van der Waals surface area contributed by atoms with E-state index < -0.39 is 0 Å². The zero-order valence-corrected chi connectivity index (χ0v) is 13.4. The molecule has 1 aliphatic carbocycles. The van der Waals surface area contributed by atoms with E-state index in [-0.39, 0.29) is 5.75 Å². The quantitative estimate of drug-likeness (QED) is 0.882. The van der Waals surface area contributed by atoms with Crippen LogP contribution in [0, 0.1) is 0 Å². The van der Waals surface area contributed by atoms with E-state index in [1.807, 2.05) is 11.3 Å². The van der Waals surface area contributed by atoms with Crippen molar-refractivity contribution in [2.75, 3.05) is 7.11 Å². The minimum Gasteiger partial charge on any atom is -0.504 e. The van der Waals surface area contributed by atoms with Crippen molar-refractivity contribution >= 4 is 22.9 Å². The lowest BCUT2D eigenvalue weighted by atomic mass is 9.94. The molecule has 1 unspecified atom stereocenters. The third kappa shape index (κ3) is 3.03. The van der Waals surface area contributed by atoms with Gasteiger partial charge in [-0.3, -0.25) is 0 Å². The molecule has 1 aromatic heterocycles. The molecule has 2 aromatic rings. The zero-order chi connectivity index (χ0) is 14.8. The van der Waals surface area contributed by atoms with E-state index in [1.54, 1.807) is 12.1 Å². The third-order valence-electron chi connectivity index (χ3n) is 3.93. The standard InChI is InChI=1S/C16H18ClNO2S/c1-20-14-8-11(17)7-10(16(14)19)9-18-13-3-2-4-15-12(13)5-6-21-15/h5-8,13,18-19H,2-4,9H2,1H3. The molecule has 0 saturated carbocycles.